The Bertz CT molecular complexity index is 391. The molecule has 1 N–H and O–H groups in total. The molecule has 1 amide bonds. The highest BCUT2D eigenvalue weighted by Gasteiger charge is 2.07. The maximum absolute atomic E-state index is 11.6. The number of ether oxygens (including phenoxy) is 1. The van der Waals surface area contributed by atoms with E-state index in [1.54, 1.807) is 10.9 Å². The zero-order valence-electron chi connectivity index (χ0n) is 11.1. The Hall–Kier alpha value is -1.07. The number of halogens is 1. The monoisotopic (exact) mass is 273 g/mol. The summed E-state index contributed by atoms with van der Waals surface area (Å²) in [6.45, 7) is 7.28. The van der Waals surface area contributed by atoms with Gasteiger partial charge >= 0.3 is 0 Å². The first-order chi connectivity index (χ1) is 8.50. The minimum atomic E-state index is -0.0672. The minimum Gasteiger partial charge on any atom is -0.379 e. The van der Waals surface area contributed by atoms with Crippen molar-refractivity contribution in [3.05, 3.63) is 16.9 Å². The van der Waals surface area contributed by atoms with Crippen LogP contribution in [0.25, 0.3) is 0 Å². The molecule has 0 aliphatic heterocycles. The van der Waals surface area contributed by atoms with Crippen molar-refractivity contribution in [3.8, 4) is 0 Å². The molecule has 0 aliphatic carbocycles. The van der Waals surface area contributed by atoms with Crippen LogP contribution >= 0.6 is 11.6 Å². The van der Waals surface area contributed by atoms with Crippen molar-refractivity contribution < 1.29 is 9.53 Å². The number of aromatic nitrogens is 2. The summed E-state index contributed by atoms with van der Waals surface area (Å²) >= 11 is 5.86. The normalized spacial score (nSPS) is 10.9. The maximum atomic E-state index is 11.6. The van der Waals surface area contributed by atoms with Crippen LogP contribution in [0.15, 0.2) is 6.20 Å². The lowest BCUT2D eigenvalue weighted by molar-refractivity contribution is -0.121. The molecule has 0 atom stereocenters. The van der Waals surface area contributed by atoms with Crippen molar-refractivity contribution >= 4 is 17.5 Å². The minimum absolute atomic E-state index is 0.0672. The zero-order valence-corrected chi connectivity index (χ0v) is 11.8. The van der Waals surface area contributed by atoms with Gasteiger partial charge in [0.25, 0.3) is 0 Å². The average molecular weight is 274 g/mol. The van der Waals surface area contributed by atoms with Crippen LogP contribution in [0.4, 0.5) is 0 Å². The van der Waals surface area contributed by atoms with Gasteiger partial charge in [-0.1, -0.05) is 11.6 Å². The summed E-state index contributed by atoms with van der Waals surface area (Å²) in [6, 6.07) is 0. The molecule has 1 aromatic rings. The van der Waals surface area contributed by atoms with E-state index in [2.05, 4.69) is 10.4 Å². The molecule has 1 heterocycles. The zero-order chi connectivity index (χ0) is 13.5. The largest absolute Gasteiger partial charge is 0.379 e. The second-order valence-corrected chi connectivity index (χ2v) is 4.77. The quantitative estimate of drug-likeness (QED) is 0.771. The van der Waals surface area contributed by atoms with Gasteiger partial charge in [-0.25, -0.2) is 0 Å². The topological polar surface area (TPSA) is 56.2 Å². The number of carbonyl (C=O) groups excluding carboxylic acids is 1. The lowest BCUT2D eigenvalue weighted by Crippen LogP contribution is -2.29. The number of nitrogens with zero attached hydrogens (tertiary/aromatic N) is 2. The predicted molar refractivity (Wildman–Crippen MR) is 70.7 cm³/mol. The molecule has 0 saturated carbocycles. The Kier molecular flexibility index (Phi) is 6.15. The Morgan fingerprint density at radius 3 is 2.89 bits per heavy atom. The van der Waals surface area contributed by atoms with Crippen LogP contribution in [0.2, 0.25) is 5.02 Å². The van der Waals surface area contributed by atoms with E-state index in [1.165, 1.54) is 0 Å². The van der Waals surface area contributed by atoms with Crippen LogP contribution in [0, 0.1) is 6.92 Å². The highest BCUT2D eigenvalue weighted by Crippen LogP contribution is 2.12. The third kappa shape index (κ3) is 5.06. The van der Waals surface area contributed by atoms with Crippen molar-refractivity contribution in [1.82, 2.24) is 15.1 Å². The summed E-state index contributed by atoms with van der Waals surface area (Å²) in [5.74, 6) is -0.0672. The van der Waals surface area contributed by atoms with Gasteiger partial charge in [-0.05, 0) is 27.2 Å². The van der Waals surface area contributed by atoms with E-state index in [4.69, 9.17) is 16.3 Å². The molecule has 0 saturated heterocycles. The van der Waals surface area contributed by atoms with Gasteiger partial charge in [0.05, 0.1) is 23.0 Å². The molecule has 5 nitrogen and oxygen atoms in total. The van der Waals surface area contributed by atoms with E-state index in [1.807, 2.05) is 20.8 Å². The number of carbonyl (C=O) groups is 1. The average Bonchev–Trinajstić information content (AvgIpc) is 2.60. The Morgan fingerprint density at radius 2 is 2.33 bits per heavy atom. The molecule has 0 aliphatic rings. The highest BCUT2D eigenvalue weighted by molar-refractivity contribution is 6.31. The molecule has 102 valence electrons. The smallest absolute Gasteiger partial charge is 0.241 e. The number of amides is 1. The third-order valence-electron chi connectivity index (χ3n) is 2.43. The van der Waals surface area contributed by atoms with Crippen molar-refractivity contribution in [2.24, 2.45) is 0 Å². The number of hydrogen-bond donors (Lipinski definition) is 1. The summed E-state index contributed by atoms with van der Waals surface area (Å²) < 4.78 is 6.96. The molecule has 6 heteroatoms. The fourth-order valence-electron chi connectivity index (χ4n) is 1.39. The van der Waals surface area contributed by atoms with E-state index in [0.29, 0.717) is 18.2 Å². The SMILES string of the molecule is Cc1c(Cl)cnn1CC(=O)NCCCOC(C)C. The molecule has 18 heavy (non-hydrogen) atoms. The fourth-order valence-corrected chi connectivity index (χ4v) is 1.54. The molecule has 1 rings (SSSR count). The summed E-state index contributed by atoms with van der Waals surface area (Å²) in [5.41, 5.74) is 0.801. The Morgan fingerprint density at radius 1 is 1.61 bits per heavy atom. The molecule has 0 spiro atoms. The lowest BCUT2D eigenvalue weighted by Gasteiger charge is -2.09. The van der Waals surface area contributed by atoms with Crippen LogP contribution in [0.1, 0.15) is 26.0 Å². The fraction of sp³-hybridized carbons (Fsp3) is 0.667. The van der Waals surface area contributed by atoms with Crippen molar-refractivity contribution in [2.45, 2.75) is 39.8 Å². The van der Waals surface area contributed by atoms with E-state index in [9.17, 15) is 4.79 Å². The first-order valence-electron chi connectivity index (χ1n) is 6.07. The van der Waals surface area contributed by atoms with E-state index in [-0.39, 0.29) is 18.6 Å². The Balaban J connectivity index is 2.20. The van der Waals surface area contributed by atoms with E-state index >= 15 is 0 Å². The van der Waals surface area contributed by atoms with Gasteiger partial charge in [0.15, 0.2) is 0 Å². The van der Waals surface area contributed by atoms with E-state index < -0.39 is 0 Å². The lowest BCUT2D eigenvalue weighted by atomic mass is 10.4. The van der Waals surface area contributed by atoms with E-state index in [0.717, 1.165) is 12.1 Å². The van der Waals surface area contributed by atoms with Gasteiger partial charge < -0.3 is 10.1 Å². The predicted octanol–water partition coefficient (Wildman–Crippen LogP) is 1.78. The molecular formula is C12H20ClN3O2. The molecular weight excluding hydrogens is 254 g/mol. The number of hydrogen-bond acceptors (Lipinski definition) is 3. The molecule has 0 unspecified atom stereocenters. The van der Waals surface area contributed by atoms with Crippen LogP contribution < -0.4 is 5.32 Å². The summed E-state index contributed by atoms with van der Waals surface area (Å²) in [4.78, 5) is 11.6. The second kappa shape index (κ2) is 7.38. The van der Waals surface area contributed by atoms with Gasteiger partial charge in [-0.2, -0.15) is 5.10 Å². The number of rotatable bonds is 7. The van der Waals surface area contributed by atoms with Crippen molar-refractivity contribution in [1.29, 1.82) is 0 Å². The Labute approximate surface area is 112 Å². The van der Waals surface area contributed by atoms with Crippen molar-refractivity contribution in [2.75, 3.05) is 13.2 Å². The highest BCUT2D eigenvalue weighted by atomic mass is 35.5. The molecule has 0 aromatic carbocycles. The molecule has 0 bridgehead atoms. The third-order valence-corrected chi connectivity index (χ3v) is 2.80. The first-order valence-corrected chi connectivity index (χ1v) is 6.44. The van der Waals surface area contributed by atoms with Crippen LogP contribution in [-0.4, -0.2) is 34.9 Å². The van der Waals surface area contributed by atoms with Gasteiger partial charge in [0, 0.05) is 13.2 Å². The van der Waals surface area contributed by atoms with Gasteiger partial charge in [0.1, 0.15) is 6.54 Å². The number of nitrogens with one attached hydrogen (secondary N) is 1. The van der Waals surface area contributed by atoms with Crippen LogP contribution in [-0.2, 0) is 16.1 Å². The maximum Gasteiger partial charge on any atom is 0.241 e. The summed E-state index contributed by atoms with van der Waals surface area (Å²) in [5, 5.41) is 7.42. The van der Waals surface area contributed by atoms with Crippen LogP contribution in [0.5, 0.6) is 0 Å². The summed E-state index contributed by atoms with van der Waals surface area (Å²) in [7, 11) is 0. The molecule has 0 radical (unpaired) electrons. The van der Waals surface area contributed by atoms with Gasteiger partial charge in [-0.15, -0.1) is 0 Å². The van der Waals surface area contributed by atoms with Crippen LogP contribution in [0.3, 0.4) is 0 Å². The molecule has 1 aromatic heterocycles. The van der Waals surface area contributed by atoms with Crippen molar-refractivity contribution in [3.63, 3.8) is 0 Å². The van der Waals surface area contributed by atoms with Gasteiger partial charge in [-0.3, -0.25) is 9.48 Å². The van der Waals surface area contributed by atoms with Gasteiger partial charge in [0.2, 0.25) is 5.91 Å². The summed E-state index contributed by atoms with van der Waals surface area (Å²) in [6.07, 6.45) is 2.58. The first kappa shape index (κ1) is 15.0. The standard InChI is InChI=1S/C12H20ClN3O2/c1-9(2)18-6-4-5-14-12(17)8-16-10(3)11(13)7-15-16/h7,9H,4-6,8H2,1-3H3,(H,14,17). The molecule has 0 fully saturated rings. The second-order valence-electron chi connectivity index (χ2n) is 4.36.